The molecular formula is C47H65N11O7. The van der Waals surface area contributed by atoms with Gasteiger partial charge >= 0.3 is 0 Å². The molecule has 6 rings (SSSR count). The number of nitrogens with two attached hydrogens (primary N) is 1. The first-order chi connectivity index (χ1) is 31.4. The van der Waals surface area contributed by atoms with Gasteiger partial charge in [-0.3, -0.25) is 39.0 Å². The van der Waals surface area contributed by atoms with Crippen LogP contribution in [-0.2, 0) is 46.4 Å². The number of para-hydroxylation sites is 1. The highest BCUT2D eigenvalue weighted by Crippen LogP contribution is 2.28. The van der Waals surface area contributed by atoms with E-state index in [0.29, 0.717) is 25.7 Å². The molecule has 3 heterocycles. The van der Waals surface area contributed by atoms with E-state index in [1.165, 1.54) is 11.8 Å². The van der Waals surface area contributed by atoms with Crippen molar-refractivity contribution in [3.63, 3.8) is 0 Å². The smallest absolute Gasteiger partial charge is 0.245 e. The maximum Gasteiger partial charge on any atom is 0.245 e. The zero-order valence-electron chi connectivity index (χ0n) is 37.2. The lowest BCUT2D eigenvalue weighted by atomic mass is 9.84. The number of carbonyl (C=O) groups is 7. The Morgan fingerprint density at radius 2 is 1.52 bits per heavy atom. The summed E-state index contributed by atoms with van der Waals surface area (Å²) >= 11 is 0. The van der Waals surface area contributed by atoms with Crippen LogP contribution in [0.5, 0.6) is 0 Å². The molecule has 350 valence electrons. The average molecular weight is 896 g/mol. The number of rotatable bonds is 13. The third-order valence-corrected chi connectivity index (χ3v) is 12.7. The summed E-state index contributed by atoms with van der Waals surface area (Å²) in [4.78, 5) is 103. The van der Waals surface area contributed by atoms with Crippen molar-refractivity contribution in [2.75, 3.05) is 19.6 Å². The molecule has 2 aliphatic heterocycles. The lowest BCUT2D eigenvalue weighted by Crippen LogP contribution is -2.60. The normalized spacial score (nSPS) is 23.4. The van der Waals surface area contributed by atoms with Gasteiger partial charge < -0.3 is 52.8 Å². The largest absolute Gasteiger partial charge is 0.370 e. The summed E-state index contributed by atoms with van der Waals surface area (Å²) in [5.41, 5.74) is 7.92. The molecule has 18 heteroatoms. The standard InChI is InChI=1S/C47H65N11O7/c1-29(59)53-37(25-30-13-4-2-5-14-30)42(61)55-36-20-11-22-50-41(60)35(19-10-23-51-47(48)49)54-44(63)39(27-32-28-52-34-18-9-8-17-33(32)34)56-43(62)38(26-31-15-6-3-7-16-31)57-45(64)40-21-12-24-58(40)46(36)65/h2,4-5,8-9,13-14,17-18,28,31,35-40,52H,3,6-7,10-12,15-16,19-27H2,1H3,(H,50,60)(H,53,59)(H,54,63)(H,55,61)(H,56,62)(H,57,64)(H4,48,49,51)/t35?,36?,37-,38+,39-,40-/m0/s1. The van der Waals surface area contributed by atoms with Gasteiger partial charge in [-0.1, -0.05) is 80.6 Å². The van der Waals surface area contributed by atoms with Crippen molar-refractivity contribution < 1.29 is 33.6 Å². The Morgan fingerprint density at radius 3 is 2.28 bits per heavy atom. The Labute approximate surface area is 379 Å². The number of hydrogen-bond acceptors (Lipinski definition) is 8. The molecule has 2 aromatic carbocycles. The molecule has 1 saturated carbocycles. The van der Waals surface area contributed by atoms with E-state index in [9.17, 15) is 33.6 Å². The fourth-order valence-electron chi connectivity index (χ4n) is 9.31. The molecule has 0 spiro atoms. The average Bonchev–Trinajstić information content (AvgIpc) is 3.95. The fraction of sp³-hybridized carbons (Fsp3) is 0.532. The molecule has 1 aliphatic carbocycles. The first-order valence-corrected chi connectivity index (χ1v) is 23.1. The number of H-pyrrole nitrogens is 1. The van der Waals surface area contributed by atoms with Gasteiger partial charge in [0.15, 0.2) is 5.96 Å². The second-order valence-corrected chi connectivity index (χ2v) is 17.6. The summed E-state index contributed by atoms with van der Waals surface area (Å²) in [6, 6.07) is 10.5. The molecule has 3 fully saturated rings. The maximum atomic E-state index is 14.6. The van der Waals surface area contributed by atoms with Crippen molar-refractivity contribution in [1.29, 1.82) is 5.41 Å². The first-order valence-electron chi connectivity index (χ1n) is 23.1. The van der Waals surface area contributed by atoms with Crippen LogP contribution in [0, 0.1) is 11.3 Å². The number of guanidine groups is 1. The molecule has 3 aliphatic rings. The number of aromatic nitrogens is 1. The number of benzene rings is 2. The Kier molecular flexibility index (Phi) is 17.3. The number of carbonyl (C=O) groups excluding carboxylic acids is 7. The van der Waals surface area contributed by atoms with E-state index < -0.39 is 77.6 Å². The van der Waals surface area contributed by atoms with E-state index in [0.717, 1.165) is 54.1 Å². The van der Waals surface area contributed by atoms with Crippen molar-refractivity contribution in [2.24, 2.45) is 11.7 Å². The summed E-state index contributed by atoms with van der Waals surface area (Å²) in [6.45, 7) is 1.88. The van der Waals surface area contributed by atoms with Gasteiger partial charge in [0.25, 0.3) is 0 Å². The van der Waals surface area contributed by atoms with E-state index in [1.54, 1.807) is 6.20 Å². The van der Waals surface area contributed by atoms with Crippen molar-refractivity contribution in [2.45, 2.75) is 133 Å². The summed E-state index contributed by atoms with van der Waals surface area (Å²) in [5, 5.41) is 28.5. The predicted octanol–water partition coefficient (Wildman–Crippen LogP) is 1.53. The van der Waals surface area contributed by atoms with Gasteiger partial charge in [-0.05, 0) is 68.1 Å². The predicted molar refractivity (Wildman–Crippen MR) is 245 cm³/mol. The van der Waals surface area contributed by atoms with E-state index in [-0.39, 0.29) is 63.6 Å². The minimum atomic E-state index is -1.14. The van der Waals surface area contributed by atoms with Crippen LogP contribution in [0.15, 0.2) is 60.8 Å². The van der Waals surface area contributed by atoms with Crippen LogP contribution in [0.2, 0.25) is 0 Å². The first kappa shape index (κ1) is 48.0. The van der Waals surface area contributed by atoms with Gasteiger partial charge in [0.1, 0.15) is 36.3 Å². The van der Waals surface area contributed by atoms with Crippen LogP contribution in [0.3, 0.4) is 0 Å². The molecule has 0 bridgehead atoms. The number of amides is 7. The second-order valence-electron chi connectivity index (χ2n) is 17.6. The third kappa shape index (κ3) is 13.8. The van der Waals surface area contributed by atoms with Crippen molar-refractivity contribution in [1.82, 2.24) is 47.1 Å². The molecule has 0 radical (unpaired) electrons. The number of nitrogens with zero attached hydrogens (tertiary/aromatic N) is 1. The molecule has 3 aromatic rings. The Bertz CT molecular complexity index is 2160. The fourth-order valence-corrected chi connectivity index (χ4v) is 9.31. The topological polar surface area (TPSA) is 273 Å². The molecule has 65 heavy (non-hydrogen) atoms. The summed E-state index contributed by atoms with van der Waals surface area (Å²) in [7, 11) is 0. The van der Waals surface area contributed by atoms with Crippen LogP contribution >= 0.6 is 0 Å². The highest BCUT2D eigenvalue weighted by molar-refractivity contribution is 5.98. The molecule has 7 amide bonds. The number of nitrogens with one attached hydrogen (secondary N) is 9. The van der Waals surface area contributed by atoms with Crippen LogP contribution in [0.25, 0.3) is 10.9 Å². The van der Waals surface area contributed by atoms with Gasteiger partial charge in [0.2, 0.25) is 41.4 Å². The second kappa shape index (κ2) is 23.5. The van der Waals surface area contributed by atoms with Crippen molar-refractivity contribution in [3.8, 4) is 0 Å². The lowest BCUT2D eigenvalue weighted by Gasteiger charge is -2.32. The summed E-state index contributed by atoms with van der Waals surface area (Å²) < 4.78 is 0. The molecule has 6 atom stereocenters. The minimum Gasteiger partial charge on any atom is -0.370 e. The van der Waals surface area contributed by atoms with Gasteiger partial charge in [-0.2, -0.15) is 0 Å². The SMILES string of the molecule is CC(=O)N[C@@H](Cc1ccccc1)C(=O)NC1CCCNC(=O)C(CCCNC(=N)N)NC(=O)[C@H](Cc2c[nH]c3ccccc23)NC(=O)[C@@H](CC2CCCCC2)NC(=O)[C@@H]2CCCN2C1=O. The van der Waals surface area contributed by atoms with Crippen LogP contribution in [0.4, 0.5) is 0 Å². The molecule has 2 saturated heterocycles. The van der Waals surface area contributed by atoms with E-state index in [4.69, 9.17) is 11.1 Å². The van der Waals surface area contributed by atoms with E-state index in [1.807, 2.05) is 54.6 Å². The van der Waals surface area contributed by atoms with Crippen LogP contribution < -0.4 is 43.0 Å². The monoisotopic (exact) mass is 896 g/mol. The zero-order chi connectivity index (χ0) is 46.3. The number of aromatic amines is 1. The zero-order valence-corrected chi connectivity index (χ0v) is 37.2. The Balaban J connectivity index is 1.31. The van der Waals surface area contributed by atoms with Gasteiger partial charge in [0.05, 0.1) is 0 Å². The molecule has 1 aromatic heterocycles. The van der Waals surface area contributed by atoms with Crippen LogP contribution in [0.1, 0.15) is 95.1 Å². The lowest BCUT2D eigenvalue weighted by molar-refractivity contribution is -0.142. The van der Waals surface area contributed by atoms with Crippen molar-refractivity contribution >= 4 is 58.2 Å². The van der Waals surface area contributed by atoms with Gasteiger partial charge in [-0.25, -0.2) is 0 Å². The van der Waals surface area contributed by atoms with E-state index >= 15 is 0 Å². The summed E-state index contributed by atoms with van der Waals surface area (Å²) in [5.74, 6) is -3.73. The van der Waals surface area contributed by atoms with Crippen molar-refractivity contribution in [3.05, 3.63) is 71.9 Å². The van der Waals surface area contributed by atoms with Gasteiger partial charge in [-0.15, -0.1) is 0 Å². The maximum absolute atomic E-state index is 14.6. The van der Waals surface area contributed by atoms with Crippen LogP contribution in [-0.4, -0.2) is 113 Å². The molecule has 2 unspecified atom stereocenters. The molecular weight excluding hydrogens is 831 g/mol. The van der Waals surface area contributed by atoms with E-state index in [2.05, 4.69) is 42.2 Å². The Hall–Kier alpha value is -6.46. The highest BCUT2D eigenvalue weighted by Gasteiger charge is 2.40. The highest BCUT2D eigenvalue weighted by atomic mass is 16.2. The summed E-state index contributed by atoms with van der Waals surface area (Å²) in [6.07, 6.45) is 8.88. The van der Waals surface area contributed by atoms with Gasteiger partial charge in [0, 0.05) is 56.5 Å². The number of fused-ring (bicyclic) bond motifs is 2. The molecule has 11 N–H and O–H groups in total. The quantitative estimate of drug-likeness (QED) is 0.0676. The third-order valence-electron chi connectivity index (χ3n) is 12.7. The molecule has 18 nitrogen and oxygen atoms in total. The minimum absolute atomic E-state index is 0.0674. The number of hydrogen-bond donors (Lipinski definition) is 10. The Morgan fingerprint density at radius 1 is 0.815 bits per heavy atom.